The van der Waals surface area contributed by atoms with E-state index < -0.39 is 47.3 Å². The Kier molecular flexibility index (Phi) is 15.6. The number of nitro benzene ring substituents is 1. The number of carbonyl (C=O) groups excluding carboxylic acids is 4. The van der Waals surface area contributed by atoms with Gasteiger partial charge in [0.15, 0.2) is 6.61 Å². The van der Waals surface area contributed by atoms with E-state index in [4.69, 9.17) is 24.2 Å². The number of aliphatic hydroxyl groups excluding tert-OH is 1. The second kappa shape index (κ2) is 20.0. The third-order valence-corrected chi connectivity index (χ3v) is 7.51. The van der Waals surface area contributed by atoms with Gasteiger partial charge in [-0.15, -0.1) is 0 Å². The third-order valence-electron chi connectivity index (χ3n) is 7.51. The predicted octanol–water partition coefficient (Wildman–Crippen LogP) is 1.47. The lowest BCUT2D eigenvalue weighted by atomic mass is 9.79. The largest absolute Gasteiger partial charge is 0.489 e. The number of nitriles is 1. The van der Waals surface area contributed by atoms with Gasteiger partial charge in [-0.2, -0.15) is 5.26 Å². The van der Waals surface area contributed by atoms with Crippen molar-refractivity contribution >= 4 is 29.4 Å². The van der Waals surface area contributed by atoms with Crippen molar-refractivity contribution in [2.45, 2.75) is 39.7 Å². The van der Waals surface area contributed by atoms with Gasteiger partial charge in [0.25, 0.3) is 11.6 Å². The maximum atomic E-state index is 13.2. The van der Waals surface area contributed by atoms with Crippen LogP contribution in [0.1, 0.15) is 44.7 Å². The Morgan fingerprint density at radius 3 is 2.21 bits per heavy atom. The Labute approximate surface area is 300 Å². The maximum Gasteiger partial charge on any atom is 0.336 e. The van der Waals surface area contributed by atoms with Crippen molar-refractivity contribution in [2.75, 3.05) is 52.6 Å². The number of amides is 2. The van der Waals surface area contributed by atoms with Crippen LogP contribution in [0.2, 0.25) is 0 Å². The van der Waals surface area contributed by atoms with Crippen LogP contribution in [0.15, 0.2) is 65.0 Å². The highest BCUT2D eigenvalue weighted by atomic mass is 16.6. The molecule has 5 N–H and O–H groups in total. The van der Waals surface area contributed by atoms with E-state index >= 15 is 0 Å². The molecule has 0 aromatic heterocycles. The van der Waals surface area contributed by atoms with E-state index in [0.717, 1.165) is 12.1 Å². The SMILES string of the molecule is CCOC(=O)C1=C(C)NC(C)=C(C(=O)OCC)C1c1cc([N+](=O)[O-])ccc1OCC(=O)NCC(=O)NCCNCC(O)COc1ccccc1C#N. The van der Waals surface area contributed by atoms with Gasteiger partial charge in [-0.1, -0.05) is 12.1 Å². The second-order valence-electron chi connectivity index (χ2n) is 11.2. The van der Waals surface area contributed by atoms with Crippen LogP contribution in [0.25, 0.3) is 0 Å². The van der Waals surface area contributed by atoms with Gasteiger partial charge in [-0.05, 0) is 45.9 Å². The molecule has 17 heteroatoms. The number of esters is 2. The molecule has 2 aromatic rings. The van der Waals surface area contributed by atoms with Gasteiger partial charge in [-0.3, -0.25) is 19.7 Å². The molecule has 0 saturated carbocycles. The quantitative estimate of drug-likeness (QED) is 0.0597. The number of allylic oxidation sites excluding steroid dienone is 2. The fraction of sp³-hybridized carbons (Fsp3) is 0.400. The van der Waals surface area contributed by atoms with E-state index in [1.807, 2.05) is 6.07 Å². The molecule has 0 saturated heterocycles. The number of hydrogen-bond acceptors (Lipinski definition) is 14. The summed E-state index contributed by atoms with van der Waals surface area (Å²) in [6, 6.07) is 12.2. The molecule has 0 aliphatic carbocycles. The molecule has 1 aliphatic rings. The minimum atomic E-state index is -1.22. The molecule has 0 spiro atoms. The van der Waals surface area contributed by atoms with Crippen LogP contribution < -0.4 is 30.7 Å². The van der Waals surface area contributed by atoms with Crippen molar-refractivity contribution in [2.24, 2.45) is 0 Å². The second-order valence-corrected chi connectivity index (χ2v) is 11.2. The molecule has 17 nitrogen and oxygen atoms in total. The monoisotopic (exact) mass is 722 g/mol. The molecule has 0 bridgehead atoms. The van der Waals surface area contributed by atoms with E-state index in [9.17, 15) is 34.4 Å². The minimum absolute atomic E-state index is 0.000630. The molecule has 3 rings (SSSR count). The van der Waals surface area contributed by atoms with Crippen molar-refractivity contribution in [1.82, 2.24) is 21.3 Å². The van der Waals surface area contributed by atoms with Crippen molar-refractivity contribution in [3.8, 4) is 17.6 Å². The van der Waals surface area contributed by atoms with Gasteiger partial charge >= 0.3 is 11.9 Å². The standard InChI is InChI=1S/C35H42N6O11/c1-5-49-34(45)31-21(3)40-22(4)32(35(46)50-6-2)33(31)26-15-24(41(47)48)11-12-28(26)52-20-30(44)39-18-29(43)38-14-13-37-17-25(42)19-51-27-10-8-7-9-23(27)16-36/h7-12,15,25,33,37,40,42H,5-6,13-14,17-20H2,1-4H3,(H,38,43)(H,39,44). The van der Waals surface area contributed by atoms with E-state index in [-0.39, 0.29) is 67.6 Å². The number of nitrogens with one attached hydrogen (secondary N) is 4. The van der Waals surface area contributed by atoms with Gasteiger partial charge in [-0.25, -0.2) is 9.59 Å². The highest BCUT2D eigenvalue weighted by Gasteiger charge is 2.40. The lowest BCUT2D eigenvalue weighted by Gasteiger charge is -2.31. The summed E-state index contributed by atoms with van der Waals surface area (Å²) in [6.45, 7) is 6.03. The van der Waals surface area contributed by atoms with Gasteiger partial charge in [0.2, 0.25) is 5.91 Å². The lowest BCUT2D eigenvalue weighted by molar-refractivity contribution is -0.384. The lowest BCUT2D eigenvalue weighted by Crippen LogP contribution is -2.42. The summed E-state index contributed by atoms with van der Waals surface area (Å²) in [5, 5.41) is 42.0. The summed E-state index contributed by atoms with van der Waals surface area (Å²) in [5.74, 6) is -3.63. The van der Waals surface area contributed by atoms with E-state index in [1.54, 1.807) is 52.0 Å². The number of carbonyl (C=O) groups is 4. The highest BCUT2D eigenvalue weighted by molar-refractivity contribution is 6.00. The first-order valence-electron chi connectivity index (χ1n) is 16.4. The molecule has 2 aromatic carbocycles. The third kappa shape index (κ3) is 11.3. The Morgan fingerprint density at radius 1 is 0.942 bits per heavy atom. The molecular formula is C35H42N6O11. The fourth-order valence-electron chi connectivity index (χ4n) is 5.19. The maximum absolute atomic E-state index is 13.2. The molecule has 1 aliphatic heterocycles. The number of benzene rings is 2. The van der Waals surface area contributed by atoms with Gasteiger partial charge < -0.3 is 45.3 Å². The highest BCUT2D eigenvalue weighted by Crippen LogP contribution is 2.44. The summed E-state index contributed by atoms with van der Waals surface area (Å²) in [4.78, 5) is 62.5. The number of hydrogen-bond donors (Lipinski definition) is 5. The molecule has 1 unspecified atom stereocenters. The van der Waals surface area contributed by atoms with Crippen LogP contribution in [0.3, 0.4) is 0 Å². The fourth-order valence-corrected chi connectivity index (χ4v) is 5.19. The Hall–Kier alpha value is -5.99. The van der Waals surface area contributed by atoms with E-state index in [0.29, 0.717) is 29.3 Å². The molecule has 52 heavy (non-hydrogen) atoms. The zero-order valence-electron chi connectivity index (χ0n) is 29.3. The molecule has 278 valence electrons. The van der Waals surface area contributed by atoms with Crippen LogP contribution in [0.5, 0.6) is 11.5 Å². The first kappa shape index (κ1) is 40.4. The van der Waals surface area contributed by atoms with E-state index in [2.05, 4.69) is 21.3 Å². The summed E-state index contributed by atoms with van der Waals surface area (Å²) < 4.78 is 21.8. The number of rotatable bonds is 19. The molecule has 1 atom stereocenters. The van der Waals surface area contributed by atoms with Gasteiger partial charge in [0, 0.05) is 48.7 Å². The summed E-state index contributed by atoms with van der Waals surface area (Å²) in [5.41, 5.74) is 0.722. The number of aliphatic hydroxyl groups is 1. The Morgan fingerprint density at radius 2 is 1.60 bits per heavy atom. The Bertz CT molecular complexity index is 1710. The number of non-ortho nitro benzene ring substituents is 1. The van der Waals surface area contributed by atoms with Crippen molar-refractivity contribution < 1.29 is 48.2 Å². The predicted molar refractivity (Wildman–Crippen MR) is 185 cm³/mol. The number of dihydropyridines is 1. The van der Waals surface area contributed by atoms with Crippen LogP contribution >= 0.6 is 0 Å². The minimum Gasteiger partial charge on any atom is -0.489 e. The van der Waals surface area contributed by atoms with E-state index in [1.165, 1.54) is 6.07 Å². The summed E-state index contributed by atoms with van der Waals surface area (Å²) >= 11 is 0. The van der Waals surface area contributed by atoms with Crippen molar-refractivity contribution in [1.29, 1.82) is 5.26 Å². The number of ether oxygens (including phenoxy) is 4. The molecular weight excluding hydrogens is 680 g/mol. The van der Waals surface area contributed by atoms with Crippen LogP contribution in [-0.2, 0) is 28.7 Å². The normalized spacial score (nSPS) is 13.3. The average molecular weight is 723 g/mol. The Balaban J connectivity index is 1.60. The first-order valence-corrected chi connectivity index (χ1v) is 16.4. The average Bonchev–Trinajstić information content (AvgIpc) is 3.11. The smallest absolute Gasteiger partial charge is 0.336 e. The van der Waals surface area contributed by atoms with Crippen molar-refractivity contribution in [3.05, 3.63) is 86.2 Å². The van der Waals surface area contributed by atoms with Crippen molar-refractivity contribution in [3.63, 3.8) is 0 Å². The summed E-state index contributed by atoms with van der Waals surface area (Å²) in [6.07, 6.45) is -0.874. The topological polar surface area (TPSA) is 240 Å². The number of nitrogens with zero attached hydrogens (tertiary/aromatic N) is 2. The molecule has 2 amide bonds. The molecule has 1 heterocycles. The van der Waals surface area contributed by atoms with Crippen LogP contribution in [-0.4, -0.2) is 92.5 Å². The molecule has 0 fully saturated rings. The first-order chi connectivity index (χ1) is 24.9. The zero-order valence-corrected chi connectivity index (χ0v) is 29.3. The van der Waals surface area contributed by atoms with Gasteiger partial charge in [0.05, 0.1) is 47.3 Å². The number of para-hydroxylation sites is 1. The zero-order chi connectivity index (χ0) is 38.2. The van der Waals surface area contributed by atoms with Crippen LogP contribution in [0.4, 0.5) is 5.69 Å². The van der Waals surface area contributed by atoms with Crippen LogP contribution in [0, 0.1) is 21.4 Å². The summed E-state index contributed by atoms with van der Waals surface area (Å²) in [7, 11) is 0. The number of nitro groups is 1. The van der Waals surface area contributed by atoms with Gasteiger partial charge in [0.1, 0.15) is 30.3 Å². The molecule has 0 radical (unpaired) electrons.